The number of rotatable bonds is 1. The van der Waals surface area contributed by atoms with Crippen LogP contribution in [0.25, 0.3) is 0 Å². The van der Waals surface area contributed by atoms with Gasteiger partial charge < -0.3 is 5.11 Å². The van der Waals surface area contributed by atoms with Crippen LogP contribution >= 0.6 is 0 Å². The maximum absolute atomic E-state index is 12.8. The maximum Gasteiger partial charge on any atom is 0.327 e. The van der Waals surface area contributed by atoms with Crippen LogP contribution in [0.4, 0.5) is 4.39 Å². The quantitative estimate of drug-likeness (QED) is 0.728. The fraction of sp³-hybridized carbons (Fsp3) is 0. The molecule has 1 rings (SSSR count). The van der Waals surface area contributed by atoms with Gasteiger partial charge in [-0.15, -0.1) is 0 Å². The Labute approximate surface area is 91.5 Å². The molecule has 0 saturated carbocycles. The van der Waals surface area contributed by atoms with E-state index in [0.29, 0.717) is 0 Å². The molecule has 80 valence electrons. The molecule has 16 heavy (non-hydrogen) atoms. The van der Waals surface area contributed by atoms with Crippen molar-refractivity contribution < 1.29 is 14.3 Å². The van der Waals surface area contributed by atoms with Crippen LogP contribution in [0.2, 0.25) is 0 Å². The van der Waals surface area contributed by atoms with Crippen molar-refractivity contribution in [2.45, 2.75) is 0 Å². The summed E-state index contributed by atoms with van der Waals surface area (Å²) in [6.07, 6.45) is 0.833. The summed E-state index contributed by atoms with van der Waals surface area (Å²) in [5.41, 5.74) is -0.187. The van der Waals surface area contributed by atoms with E-state index in [4.69, 9.17) is 15.6 Å². The summed E-state index contributed by atoms with van der Waals surface area (Å²) in [5, 5.41) is 24.3. The van der Waals surface area contributed by atoms with Crippen LogP contribution in [0.5, 0.6) is 0 Å². The number of benzene rings is 1. The SMILES string of the molecule is C=CC(=O)O.N#Cc1cccc(C#N)c1F. The molecule has 1 aromatic rings. The minimum atomic E-state index is -0.981. The van der Waals surface area contributed by atoms with Gasteiger partial charge in [0.25, 0.3) is 0 Å². The second-order valence-corrected chi connectivity index (χ2v) is 2.43. The molecule has 0 radical (unpaired) electrons. The fourth-order valence-electron chi connectivity index (χ4n) is 0.705. The van der Waals surface area contributed by atoms with Gasteiger partial charge >= 0.3 is 5.97 Å². The molecule has 0 aliphatic rings. The Hall–Kier alpha value is -2.66. The van der Waals surface area contributed by atoms with Gasteiger partial charge in [-0.05, 0) is 12.1 Å². The van der Waals surface area contributed by atoms with Crippen LogP contribution in [0, 0.1) is 28.5 Å². The summed E-state index contributed by atoms with van der Waals surface area (Å²) in [6.45, 7) is 2.96. The third kappa shape index (κ3) is 4.03. The lowest BCUT2D eigenvalue weighted by molar-refractivity contribution is -0.131. The van der Waals surface area contributed by atoms with Crippen LogP contribution in [-0.2, 0) is 4.79 Å². The molecule has 0 unspecified atom stereocenters. The molecule has 1 N–H and O–H groups in total. The molecule has 5 heteroatoms. The molecule has 0 aromatic heterocycles. The zero-order chi connectivity index (χ0) is 12.6. The van der Waals surface area contributed by atoms with E-state index in [9.17, 15) is 9.18 Å². The highest BCUT2D eigenvalue weighted by atomic mass is 19.1. The van der Waals surface area contributed by atoms with Crippen LogP contribution in [-0.4, -0.2) is 11.1 Å². The molecule has 1 aromatic carbocycles. The Morgan fingerprint density at radius 1 is 1.38 bits per heavy atom. The Balaban J connectivity index is 0.000000385. The normalized spacial score (nSPS) is 7.69. The summed E-state index contributed by atoms with van der Waals surface area (Å²) < 4.78 is 12.8. The molecule has 0 saturated heterocycles. The predicted molar refractivity (Wildman–Crippen MR) is 53.7 cm³/mol. The average Bonchev–Trinajstić information content (AvgIpc) is 2.30. The van der Waals surface area contributed by atoms with Crippen LogP contribution in [0.15, 0.2) is 30.9 Å². The second kappa shape index (κ2) is 6.74. The largest absolute Gasteiger partial charge is 0.478 e. The summed E-state index contributed by atoms with van der Waals surface area (Å²) in [5.74, 6) is -1.72. The van der Waals surface area contributed by atoms with Gasteiger partial charge in [-0.1, -0.05) is 12.6 Å². The molecule has 0 bridgehead atoms. The van der Waals surface area contributed by atoms with Gasteiger partial charge in [-0.25, -0.2) is 9.18 Å². The van der Waals surface area contributed by atoms with Gasteiger partial charge in [0.2, 0.25) is 0 Å². The number of carboxylic acids is 1. The van der Waals surface area contributed by atoms with Crippen molar-refractivity contribution in [2.75, 3.05) is 0 Å². The minimum Gasteiger partial charge on any atom is -0.478 e. The monoisotopic (exact) mass is 218 g/mol. The van der Waals surface area contributed by atoms with Crippen LogP contribution < -0.4 is 0 Å². The van der Waals surface area contributed by atoms with Gasteiger partial charge in [0.1, 0.15) is 12.1 Å². The van der Waals surface area contributed by atoms with Crippen LogP contribution in [0.3, 0.4) is 0 Å². The van der Waals surface area contributed by atoms with Gasteiger partial charge in [0.15, 0.2) is 5.82 Å². The first-order valence-corrected chi connectivity index (χ1v) is 4.00. The minimum absolute atomic E-state index is 0.0935. The van der Waals surface area contributed by atoms with Crippen molar-refractivity contribution in [3.63, 3.8) is 0 Å². The highest BCUT2D eigenvalue weighted by Gasteiger charge is 2.04. The Bertz CT molecular complexity index is 451. The van der Waals surface area contributed by atoms with Crippen molar-refractivity contribution in [1.29, 1.82) is 10.5 Å². The number of carbonyl (C=O) groups is 1. The molecule has 0 aliphatic carbocycles. The Kier molecular flexibility index (Phi) is 5.62. The highest BCUT2D eigenvalue weighted by molar-refractivity contribution is 5.78. The van der Waals surface area contributed by atoms with Crippen molar-refractivity contribution in [2.24, 2.45) is 0 Å². The molecular formula is C11H7FN2O2. The third-order valence-corrected chi connectivity index (χ3v) is 1.41. The summed E-state index contributed by atoms with van der Waals surface area (Å²) >= 11 is 0. The smallest absolute Gasteiger partial charge is 0.327 e. The molecule has 0 amide bonds. The number of carboxylic acid groups (broad SMARTS) is 1. The average molecular weight is 218 g/mol. The fourth-order valence-corrected chi connectivity index (χ4v) is 0.705. The van der Waals surface area contributed by atoms with E-state index in [1.807, 2.05) is 0 Å². The lowest BCUT2D eigenvalue weighted by Crippen LogP contribution is -1.87. The molecule has 4 nitrogen and oxygen atoms in total. The summed E-state index contributed by atoms with van der Waals surface area (Å²) in [7, 11) is 0. The molecule has 0 fully saturated rings. The first-order chi connectivity index (χ1) is 7.56. The molecule has 0 atom stereocenters. The number of halogens is 1. The lowest BCUT2D eigenvalue weighted by Gasteiger charge is -1.92. The first-order valence-electron chi connectivity index (χ1n) is 4.00. The van der Waals surface area contributed by atoms with Gasteiger partial charge in [-0.3, -0.25) is 0 Å². The van der Waals surface area contributed by atoms with E-state index in [2.05, 4.69) is 6.58 Å². The number of hydrogen-bond donors (Lipinski definition) is 1. The highest BCUT2D eigenvalue weighted by Crippen LogP contribution is 2.09. The first kappa shape index (κ1) is 13.3. The van der Waals surface area contributed by atoms with Gasteiger partial charge in [-0.2, -0.15) is 10.5 Å². The Morgan fingerprint density at radius 3 is 2.00 bits per heavy atom. The van der Waals surface area contributed by atoms with E-state index in [-0.39, 0.29) is 11.1 Å². The van der Waals surface area contributed by atoms with Gasteiger partial charge in [0, 0.05) is 6.08 Å². The van der Waals surface area contributed by atoms with Gasteiger partial charge in [0.05, 0.1) is 11.1 Å². The van der Waals surface area contributed by atoms with E-state index >= 15 is 0 Å². The van der Waals surface area contributed by atoms with Crippen molar-refractivity contribution in [3.8, 4) is 12.1 Å². The van der Waals surface area contributed by atoms with E-state index in [1.54, 1.807) is 12.1 Å². The van der Waals surface area contributed by atoms with Crippen molar-refractivity contribution in [3.05, 3.63) is 47.8 Å². The van der Waals surface area contributed by atoms with E-state index < -0.39 is 11.8 Å². The topological polar surface area (TPSA) is 84.9 Å². The standard InChI is InChI=1S/C8H3FN2.C3H4O2/c9-8-6(4-10)2-1-3-7(8)5-11;1-2-3(4)5/h1-3H;2H,1H2,(H,4,5). The molecule has 0 heterocycles. The van der Waals surface area contributed by atoms with E-state index in [1.165, 1.54) is 18.2 Å². The summed E-state index contributed by atoms with van der Waals surface area (Å²) in [6, 6.07) is 7.42. The number of aliphatic carboxylic acids is 1. The second-order valence-electron chi connectivity index (χ2n) is 2.43. The van der Waals surface area contributed by atoms with Crippen LogP contribution in [0.1, 0.15) is 11.1 Å². The zero-order valence-electron chi connectivity index (χ0n) is 8.14. The lowest BCUT2D eigenvalue weighted by atomic mass is 10.1. The number of hydrogen-bond acceptors (Lipinski definition) is 3. The predicted octanol–water partition coefficient (Wildman–Crippen LogP) is 1.83. The van der Waals surface area contributed by atoms with E-state index in [0.717, 1.165) is 6.08 Å². The molecular weight excluding hydrogens is 211 g/mol. The Morgan fingerprint density at radius 2 is 1.75 bits per heavy atom. The number of nitriles is 2. The van der Waals surface area contributed by atoms with Crippen molar-refractivity contribution in [1.82, 2.24) is 0 Å². The molecule has 0 aliphatic heterocycles. The zero-order valence-corrected chi connectivity index (χ0v) is 8.14. The summed E-state index contributed by atoms with van der Waals surface area (Å²) in [4.78, 5) is 9.25. The third-order valence-electron chi connectivity index (χ3n) is 1.41. The van der Waals surface area contributed by atoms with Crippen molar-refractivity contribution >= 4 is 5.97 Å². The number of nitrogens with zero attached hydrogens (tertiary/aromatic N) is 2. The molecule has 0 spiro atoms. The maximum atomic E-state index is 12.8.